The molecule has 1 fully saturated rings. The minimum absolute atomic E-state index is 0.186. The Morgan fingerprint density at radius 2 is 2.28 bits per heavy atom. The van der Waals surface area contributed by atoms with Gasteiger partial charge in [0.05, 0.1) is 30.6 Å². The summed E-state index contributed by atoms with van der Waals surface area (Å²) < 4.78 is 5.44. The molecule has 1 N–H and O–H groups in total. The summed E-state index contributed by atoms with van der Waals surface area (Å²) in [7, 11) is 1.75. The van der Waals surface area contributed by atoms with Crippen LogP contribution in [0.25, 0.3) is 0 Å². The fraction of sp³-hybridized carbons (Fsp3) is 0.643. The number of ether oxygens (including phenoxy) is 1. The van der Waals surface area contributed by atoms with Crippen LogP contribution in [-0.4, -0.2) is 42.5 Å². The Labute approximate surface area is 109 Å². The molecule has 2 rings (SSSR count). The summed E-state index contributed by atoms with van der Waals surface area (Å²) in [4.78, 5) is 6.64. The van der Waals surface area contributed by atoms with E-state index < -0.39 is 0 Å². The molecule has 1 saturated heterocycles. The zero-order valence-electron chi connectivity index (χ0n) is 11.2. The summed E-state index contributed by atoms with van der Waals surface area (Å²) in [6, 6.07) is 4.33. The summed E-state index contributed by atoms with van der Waals surface area (Å²) in [6.07, 6.45) is 5.08. The fourth-order valence-corrected chi connectivity index (χ4v) is 2.49. The molecule has 0 aromatic carbocycles. The number of rotatable bonds is 4. The zero-order chi connectivity index (χ0) is 13.0. The average Bonchev–Trinajstić information content (AvgIpc) is 2.46. The number of anilines is 1. The standard InChI is InChI=1S/C14H22N2O2/c1-3-11-4-5-12(8-15-11)16-9-14(18-2)7-6-13(16)10-17/h4-5,8,13-14,17H,3,6-7,9-10H2,1-2H3. The molecule has 4 nitrogen and oxygen atoms in total. The third kappa shape index (κ3) is 2.82. The summed E-state index contributed by atoms with van der Waals surface area (Å²) in [5.41, 5.74) is 2.17. The van der Waals surface area contributed by atoms with Crippen molar-refractivity contribution >= 4 is 5.69 Å². The Kier molecular flexibility index (Phi) is 4.55. The molecule has 1 aromatic heterocycles. The number of aliphatic hydroxyl groups excluding tert-OH is 1. The van der Waals surface area contributed by atoms with Crippen molar-refractivity contribution in [2.45, 2.75) is 38.3 Å². The number of aromatic nitrogens is 1. The van der Waals surface area contributed by atoms with Crippen LogP contribution >= 0.6 is 0 Å². The number of pyridine rings is 1. The minimum Gasteiger partial charge on any atom is -0.394 e. The van der Waals surface area contributed by atoms with E-state index in [9.17, 15) is 5.11 Å². The molecular weight excluding hydrogens is 228 g/mol. The van der Waals surface area contributed by atoms with Crippen molar-refractivity contribution in [3.8, 4) is 0 Å². The highest BCUT2D eigenvalue weighted by atomic mass is 16.5. The summed E-state index contributed by atoms with van der Waals surface area (Å²) >= 11 is 0. The summed E-state index contributed by atoms with van der Waals surface area (Å²) in [5.74, 6) is 0. The van der Waals surface area contributed by atoms with Gasteiger partial charge in [0.2, 0.25) is 0 Å². The van der Waals surface area contributed by atoms with Crippen LogP contribution in [0.1, 0.15) is 25.5 Å². The van der Waals surface area contributed by atoms with Gasteiger partial charge in [0.15, 0.2) is 0 Å². The van der Waals surface area contributed by atoms with Crippen molar-refractivity contribution in [2.24, 2.45) is 0 Å². The summed E-state index contributed by atoms with van der Waals surface area (Å²) in [6.45, 7) is 3.11. The zero-order valence-corrected chi connectivity index (χ0v) is 11.2. The van der Waals surface area contributed by atoms with Gasteiger partial charge in [-0.15, -0.1) is 0 Å². The van der Waals surface area contributed by atoms with Crippen molar-refractivity contribution in [2.75, 3.05) is 25.2 Å². The number of aliphatic hydroxyl groups is 1. The number of hydrogen-bond donors (Lipinski definition) is 1. The van der Waals surface area contributed by atoms with Gasteiger partial charge in [0.25, 0.3) is 0 Å². The quantitative estimate of drug-likeness (QED) is 0.882. The van der Waals surface area contributed by atoms with Crippen LogP contribution in [0.2, 0.25) is 0 Å². The van der Waals surface area contributed by atoms with E-state index >= 15 is 0 Å². The first-order valence-corrected chi connectivity index (χ1v) is 6.63. The van der Waals surface area contributed by atoms with E-state index in [-0.39, 0.29) is 18.8 Å². The highest BCUT2D eigenvalue weighted by Gasteiger charge is 2.28. The highest BCUT2D eigenvalue weighted by molar-refractivity contribution is 5.46. The maximum atomic E-state index is 9.48. The Hall–Kier alpha value is -1.13. The molecule has 0 radical (unpaired) electrons. The number of hydrogen-bond acceptors (Lipinski definition) is 4. The highest BCUT2D eigenvalue weighted by Crippen LogP contribution is 2.25. The molecule has 4 heteroatoms. The van der Waals surface area contributed by atoms with Crippen LogP contribution < -0.4 is 4.90 Å². The second-order valence-corrected chi connectivity index (χ2v) is 4.79. The SMILES string of the molecule is CCc1ccc(N2CC(OC)CCC2CO)cn1. The largest absolute Gasteiger partial charge is 0.394 e. The molecule has 1 aliphatic rings. The van der Waals surface area contributed by atoms with Gasteiger partial charge in [-0.05, 0) is 31.4 Å². The van der Waals surface area contributed by atoms with Gasteiger partial charge >= 0.3 is 0 Å². The van der Waals surface area contributed by atoms with Crippen LogP contribution in [0.5, 0.6) is 0 Å². The molecule has 0 saturated carbocycles. The van der Waals surface area contributed by atoms with Gasteiger partial charge in [0.1, 0.15) is 0 Å². The predicted molar refractivity (Wildman–Crippen MR) is 71.9 cm³/mol. The van der Waals surface area contributed by atoms with E-state index in [1.807, 2.05) is 6.20 Å². The minimum atomic E-state index is 0.186. The molecule has 0 spiro atoms. The molecule has 100 valence electrons. The fourth-order valence-electron chi connectivity index (χ4n) is 2.49. The first-order valence-electron chi connectivity index (χ1n) is 6.63. The van der Waals surface area contributed by atoms with Crippen LogP contribution in [0, 0.1) is 0 Å². The van der Waals surface area contributed by atoms with E-state index in [0.717, 1.165) is 37.2 Å². The van der Waals surface area contributed by atoms with Crippen molar-refractivity contribution in [1.29, 1.82) is 0 Å². The Morgan fingerprint density at radius 1 is 1.44 bits per heavy atom. The Morgan fingerprint density at radius 3 is 2.83 bits per heavy atom. The first-order chi connectivity index (χ1) is 8.78. The molecule has 0 amide bonds. The molecule has 2 unspecified atom stereocenters. The van der Waals surface area contributed by atoms with Crippen LogP contribution in [0.15, 0.2) is 18.3 Å². The van der Waals surface area contributed by atoms with E-state index in [1.54, 1.807) is 7.11 Å². The van der Waals surface area contributed by atoms with Crippen molar-refractivity contribution in [3.63, 3.8) is 0 Å². The van der Waals surface area contributed by atoms with E-state index in [2.05, 4.69) is 28.9 Å². The van der Waals surface area contributed by atoms with Gasteiger partial charge in [-0.25, -0.2) is 0 Å². The normalized spacial score (nSPS) is 24.3. The Balaban J connectivity index is 2.15. The van der Waals surface area contributed by atoms with Gasteiger partial charge < -0.3 is 14.7 Å². The van der Waals surface area contributed by atoms with Crippen LogP contribution in [-0.2, 0) is 11.2 Å². The lowest BCUT2D eigenvalue weighted by Gasteiger charge is -2.39. The van der Waals surface area contributed by atoms with Gasteiger partial charge in [-0.2, -0.15) is 0 Å². The lowest BCUT2D eigenvalue weighted by molar-refractivity contribution is 0.0744. The topological polar surface area (TPSA) is 45.6 Å². The van der Waals surface area contributed by atoms with Crippen LogP contribution in [0.3, 0.4) is 0 Å². The van der Waals surface area contributed by atoms with E-state index in [1.165, 1.54) is 0 Å². The third-order valence-corrected chi connectivity index (χ3v) is 3.71. The van der Waals surface area contributed by atoms with Gasteiger partial charge in [-0.3, -0.25) is 4.98 Å². The summed E-state index contributed by atoms with van der Waals surface area (Å²) in [5, 5.41) is 9.48. The molecule has 1 aromatic rings. The van der Waals surface area contributed by atoms with E-state index in [4.69, 9.17) is 4.74 Å². The molecule has 18 heavy (non-hydrogen) atoms. The van der Waals surface area contributed by atoms with Gasteiger partial charge in [-0.1, -0.05) is 6.92 Å². The molecule has 1 aliphatic heterocycles. The second-order valence-electron chi connectivity index (χ2n) is 4.79. The van der Waals surface area contributed by atoms with Gasteiger partial charge in [0, 0.05) is 19.3 Å². The lowest BCUT2D eigenvalue weighted by atomic mass is 10.00. The molecular formula is C14H22N2O2. The smallest absolute Gasteiger partial charge is 0.0747 e. The number of nitrogens with zero attached hydrogens (tertiary/aromatic N) is 2. The number of aryl methyl sites for hydroxylation is 1. The maximum Gasteiger partial charge on any atom is 0.0747 e. The third-order valence-electron chi connectivity index (χ3n) is 3.71. The lowest BCUT2D eigenvalue weighted by Crippen LogP contribution is -2.48. The molecule has 2 atom stereocenters. The monoisotopic (exact) mass is 250 g/mol. The average molecular weight is 250 g/mol. The van der Waals surface area contributed by atoms with Crippen molar-refractivity contribution in [1.82, 2.24) is 4.98 Å². The second kappa shape index (κ2) is 6.16. The van der Waals surface area contributed by atoms with Crippen LogP contribution in [0.4, 0.5) is 5.69 Å². The van der Waals surface area contributed by atoms with Crippen molar-refractivity contribution < 1.29 is 9.84 Å². The molecule has 0 aliphatic carbocycles. The first kappa shape index (κ1) is 13.3. The molecule has 2 heterocycles. The number of methoxy groups -OCH3 is 1. The maximum absolute atomic E-state index is 9.48. The Bertz CT molecular complexity index is 367. The number of piperidine rings is 1. The van der Waals surface area contributed by atoms with Crippen molar-refractivity contribution in [3.05, 3.63) is 24.0 Å². The van der Waals surface area contributed by atoms with E-state index in [0.29, 0.717) is 0 Å². The molecule has 0 bridgehead atoms. The predicted octanol–water partition coefficient (Wildman–Crippen LogP) is 1.62.